The number of H-pyrrole nitrogens is 1. The Balaban J connectivity index is 1.55. The zero-order valence-electron chi connectivity index (χ0n) is 12.0. The summed E-state index contributed by atoms with van der Waals surface area (Å²) >= 11 is 0. The number of rotatable bonds is 4. The summed E-state index contributed by atoms with van der Waals surface area (Å²) in [6.45, 7) is 0. The van der Waals surface area contributed by atoms with Crippen molar-refractivity contribution in [1.82, 2.24) is 25.9 Å². The summed E-state index contributed by atoms with van der Waals surface area (Å²) < 4.78 is 5.64. The number of benzene rings is 1. The molecular formula is C14H9N7O3. The van der Waals surface area contributed by atoms with E-state index < -0.39 is 5.91 Å². The molecule has 0 radical (unpaired) electrons. The van der Waals surface area contributed by atoms with E-state index in [9.17, 15) is 9.59 Å². The van der Waals surface area contributed by atoms with E-state index in [0.717, 1.165) is 0 Å². The van der Waals surface area contributed by atoms with Gasteiger partial charge in [0.05, 0.1) is 17.3 Å². The molecule has 0 atom stereocenters. The van der Waals surface area contributed by atoms with Gasteiger partial charge in [0.2, 0.25) is 0 Å². The minimum Gasteiger partial charge on any atom is -0.455 e. The van der Waals surface area contributed by atoms with Crippen molar-refractivity contribution in [1.29, 1.82) is 0 Å². The molecule has 0 unspecified atom stereocenters. The first kappa shape index (κ1) is 13.8. The first-order chi connectivity index (χ1) is 11.7. The molecule has 24 heavy (non-hydrogen) atoms. The van der Waals surface area contributed by atoms with Crippen molar-refractivity contribution in [3.8, 4) is 11.3 Å². The third-order valence-corrected chi connectivity index (χ3v) is 3.35. The van der Waals surface area contributed by atoms with E-state index in [1.165, 1.54) is 6.21 Å². The highest BCUT2D eigenvalue weighted by molar-refractivity contribution is 6.21. The van der Waals surface area contributed by atoms with E-state index in [-0.39, 0.29) is 11.9 Å². The molecule has 0 aliphatic carbocycles. The Kier molecular flexibility index (Phi) is 3.12. The average molecular weight is 323 g/mol. The van der Waals surface area contributed by atoms with Crippen molar-refractivity contribution < 1.29 is 14.0 Å². The van der Waals surface area contributed by atoms with Gasteiger partial charge in [0.1, 0.15) is 11.5 Å². The third-order valence-electron chi connectivity index (χ3n) is 3.35. The Morgan fingerprint density at radius 3 is 2.83 bits per heavy atom. The zero-order chi connectivity index (χ0) is 16.5. The highest BCUT2D eigenvalue weighted by Gasteiger charge is 2.27. The van der Waals surface area contributed by atoms with Gasteiger partial charge in [-0.3, -0.25) is 14.9 Å². The predicted molar refractivity (Wildman–Crippen MR) is 81.3 cm³/mol. The maximum atomic E-state index is 11.7. The first-order valence-corrected chi connectivity index (χ1v) is 6.83. The van der Waals surface area contributed by atoms with E-state index >= 15 is 0 Å². The lowest BCUT2D eigenvalue weighted by atomic mass is 10.0. The van der Waals surface area contributed by atoms with E-state index in [2.05, 4.69) is 36.5 Å². The number of hydrogen-bond donors (Lipinski definition) is 3. The number of anilines is 1. The van der Waals surface area contributed by atoms with Gasteiger partial charge in [-0.05, 0) is 29.5 Å². The highest BCUT2D eigenvalue weighted by atomic mass is 16.3. The quantitative estimate of drug-likeness (QED) is 0.366. The number of imide groups is 1. The summed E-state index contributed by atoms with van der Waals surface area (Å²) in [7, 11) is 0. The molecule has 10 nitrogen and oxygen atoms in total. The van der Waals surface area contributed by atoms with E-state index in [4.69, 9.17) is 4.42 Å². The van der Waals surface area contributed by atoms with Crippen molar-refractivity contribution in [2.24, 2.45) is 5.10 Å². The van der Waals surface area contributed by atoms with Gasteiger partial charge in [-0.25, -0.2) is 5.43 Å². The normalized spacial score (nSPS) is 13.3. The number of carbonyl (C=O) groups excluding carboxylic acids is 2. The number of hydrogen-bond acceptors (Lipinski definition) is 8. The maximum absolute atomic E-state index is 11.7. The number of hydrazone groups is 1. The van der Waals surface area contributed by atoms with Crippen LogP contribution in [-0.4, -0.2) is 38.7 Å². The highest BCUT2D eigenvalue weighted by Crippen LogP contribution is 2.26. The van der Waals surface area contributed by atoms with Crippen LogP contribution in [0, 0.1) is 0 Å². The van der Waals surface area contributed by atoms with E-state index in [1.807, 2.05) is 0 Å². The third kappa shape index (κ3) is 2.41. The molecule has 3 heterocycles. The monoisotopic (exact) mass is 323 g/mol. The number of fused-ring (bicyclic) bond motifs is 1. The predicted octanol–water partition coefficient (Wildman–Crippen LogP) is 0.789. The molecule has 3 aromatic rings. The topological polar surface area (TPSA) is 138 Å². The van der Waals surface area contributed by atoms with Crippen molar-refractivity contribution in [2.75, 3.05) is 5.43 Å². The van der Waals surface area contributed by atoms with E-state index in [1.54, 1.807) is 30.3 Å². The van der Waals surface area contributed by atoms with Crippen LogP contribution in [0.1, 0.15) is 26.5 Å². The first-order valence-electron chi connectivity index (χ1n) is 6.83. The Bertz CT molecular complexity index is 959. The van der Waals surface area contributed by atoms with Gasteiger partial charge in [-0.1, -0.05) is 11.2 Å². The van der Waals surface area contributed by atoms with Gasteiger partial charge >= 0.3 is 0 Å². The maximum Gasteiger partial charge on any atom is 0.283 e. The lowest BCUT2D eigenvalue weighted by Gasteiger charge is -1.99. The molecule has 118 valence electrons. The van der Waals surface area contributed by atoms with Gasteiger partial charge in [0.25, 0.3) is 17.8 Å². The summed E-state index contributed by atoms with van der Waals surface area (Å²) in [4.78, 5) is 23.3. The number of amides is 2. The number of furan rings is 1. The molecule has 0 fully saturated rings. The molecule has 1 aliphatic rings. The van der Waals surface area contributed by atoms with Gasteiger partial charge in [0, 0.05) is 5.56 Å². The second-order valence-corrected chi connectivity index (χ2v) is 4.85. The molecule has 4 rings (SSSR count). The lowest BCUT2D eigenvalue weighted by molar-refractivity contribution is 0.0879. The summed E-state index contributed by atoms with van der Waals surface area (Å²) in [6, 6.07) is 8.39. The van der Waals surface area contributed by atoms with Crippen LogP contribution in [-0.2, 0) is 0 Å². The van der Waals surface area contributed by atoms with Gasteiger partial charge in [-0.2, -0.15) is 10.3 Å². The number of tetrazole rings is 1. The van der Waals surface area contributed by atoms with Crippen molar-refractivity contribution in [2.45, 2.75) is 0 Å². The fourth-order valence-electron chi connectivity index (χ4n) is 2.26. The molecule has 0 spiro atoms. The van der Waals surface area contributed by atoms with Crippen LogP contribution in [0.3, 0.4) is 0 Å². The van der Waals surface area contributed by atoms with E-state index in [0.29, 0.717) is 28.2 Å². The number of nitrogens with one attached hydrogen (secondary N) is 3. The van der Waals surface area contributed by atoms with Gasteiger partial charge in [0.15, 0.2) is 0 Å². The molecule has 3 N–H and O–H groups in total. The summed E-state index contributed by atoms with van der Waals surface area (Å²) in [5, 5.41) is 19.2. The van der Waals surface area contributed by atoms with Crippen LogP contribution in [0.4, 0.5) is 5.95 Å². The van der Waals surface area contributed by atoms with Gasteiger partial charge < -0.3 is 4.42 Å². The van der Waals surface area contributed by atoms with Crippen molar-refractivity contribution in [3.63, 3.8) is 0 Å². The summed E-state index contributed by atoms with van der Waals surface area (Å²) in [5.41, 5.74) is 3.95. The second-order valence-electron chi connectivity index (χ2n) is 4.85. The number of aromatic amines is 1. The average Bonchev–Trinajstić information content (AvgIpc) is 3.30. The van der Waals surface area contributed by atoms with Crippen LogP contribution < -0.4 is 10.7 Å². The molecule has 1 aliphatic heterocycles. The Labute approximate surface area is 133 Å². The standard InChI is InChI=1S/C14H9N7O3/c22-12-9-3-1-7(5-10(9)13(23)16-12)11-4-2-8(24-11)6-15-17-14-18-20-21-19-14/h1-6H,(H,16,22,23)(H2,17,18,19,20,21)/b15-6-. The summed E-state index contributed by atoms with van der Waals surface area (Å²) in [5.74, 6) is 0.469. The second kappa shape index (κ2) is 5.43. The zero-order valence-corrected chi connectivity index (χ0v) is 12.0. The Morgan fingerprint density at radius 1 is 1.12 bits per heavy atom. The molecule has 1 aromatic carbocycles. The minimum atomic E-state index is -0.408. The van der Waals surface area contributed by atoms with Crippen LogP contribution in [0.25, 0.3) is 11.3 Å². The fraction of sp³-hybridized carbons (Fsp3) is 0. The molecule has 0 saturated carbocycles. The molecular weight excluding hydrogens is 314 g/mol. The lowest BCUT2D eigenvalue weighted by Crippen LogP contribution is -2.19. The van der Waals surface area contributed by atoms with Crippen LogP contribution in [0.15, 0.2) is 39.9 Å². The smallest absolute Gasteiger partial charge is 0.283 e. The summed E-state index contributed by atoms with van der Waals surface area (Å²) in [6.07, 6.45) is 1.45. The van der Waals surface area contributed by atoms with Crippen LogP contribution >= 0.6 is 0 Å². The minimum absolute atomic E-state index is 0.229. The van der Waals surface area contributed by atoms with Crippen molar-refractivity contribution >= 4 is 24.0 Å². The van der Waals surface area contributed by atoms with Crippen LogP contribution in [0.2, 0.25) is 0 Å². The number of nitrogens with zero attached hydrogens (tertiary/aromatic N) is 4. The van der Waals surface area contributed by atoms with Crippen molar-refractivity contribution in [3.05, 3.63) is 47.2 Å². The largest absolute Gasteiger partial charge is 0.455 e. The Hall–Kier alpha value is -3.82. The van der Waals surface area contributed by atoms with Crippen LogP contribution in [0.5, 0.6) is 0 Å². The molecule has 0 saturated heterocycles. The fourth-order valence-corrected chi connectivity index (χ4v) is 2.26. The molecule has 0 bridgehead atoms. The SMILES string of the molecule is O=C1NC(=O)c2cc(-c3ccc(/C=N\Nc4nn[nH]n4)o3)ccc21. The molecule has 10 heteroatoms. The Morgan fingerprint density at radius 2 is 2.00 bits per heavy atom. The van der Waals surface area contributed by atoms with Gasteiger partial charge in [-0.15, -0.1) is 5.10 Å². The number of aromatic nitrogens is 4. The molecule has 2 amide bonds. The number of carbonyl (C=O) groups is 2. The molecule has 2 aromatic heterocycles.